The molecule has 0 aliphatic carbocycles. The van der Waals surface area contributed by atoms with Gasteiger partial charge in [0, 0.05) is 23.5 Å². The van der Waals surface area contributed by atoms with E-state index in [1.807, 2.05) is 6.92 Å². The van der Waals surface area contributed by atoms with Gasteiger partial charge in [-0.05, 0) is 25.1 Å². The van der Waals surface area contributed by atoms with Gasteiger partial charge in [0.1, 0.15) is 0 Å². The number of nitrogens with one attached hydrogen (secondary N) is 2. The second-order valence-corrected chi connectivity index (χ2v) is 3.58. The molecule has 0 fully saturated rings. The Morgan fingerprint density at radius 3 is 2.82 bits per heavy atom. The predicted octanol–water partition coefficient (Wildman–Crippen LogP) is 1.33. The predicted molar refractivity (Wildman–Crippen MR) is 64.0 cm³/mol. The van der Waals surface area contributed by atoms with Crippen LogP contribution >= 0.6 is 0 Å². The van der Waals surface area contributed by atoms with E-state index in [1.165, 1.54) is 12.3 Å². The molecule has 0 spiro atoms. The van der Waals surface area contributed by atoms with Crippen molar-refractivity contribution in [2.45, 2.75) is 6.92 Å². The van der Waals surface area contributed by atoms with E-state index >= 15 is 0 Å². The minimum Gasteiger partial charge on any atom is -0.329 e. The largest absolute Gasteiger partial charge is 0.329 e. The van der Waals surface area contributed by atoms with E-state index in [4.69, 9.17) is 0 Å². The van der Waals surface area contributed by atoms with Crippen LogP contribution in [0.1, 0.15) is 16.1 Å². The van der Waals surface area contributed by atoms with Gasteiger partial charge in [0.25, 0.3) is 5.91 Å². The number of pyridine rings is 2. The fourth-order valence-corrected chi connectivity index (χ4v) is 1.33. The van der Waals surface area contributed by atoms with Gasteiger partial charge in [-0.3, -0.25) is 14.6 Å². The van der Waals surface area contributed by atoms with Crippen LogP contribution in [0.25, 0.3) is 0 Å². The highest BCUT2D eigenvalue weighted by molar-refractivity contribution is 6.04. The molecule has 0 saturated carbocycles. The first-order chi connectivity index (χ1) is 8.15. The summed E-state index contributed by atoms with van der Waals surface area (Å²) in [5, 5.41) is 2.66. The number of aryl methyl sites for hydroxylation is 1. The molecule has 0 aliphatic heterocycles. The van der Waals surface area contributed by atoms with Crippen molar-refractivity contribution < 1.29 is 4.79 Å². The third kappa shape index (κ3) is 2.78. The van der Waals surface area contributed by atoms with Crippen LogP contribution < -0.4 is 10.9 Å². The van der Waals surface area contributed by atoms with Crippen molar-refractivity contribution in [1.29, 1.82) is 0 Å². The normalized spacial score (nSPS) is 9.94. The summed E-state index contributed by atoms with van der Waals surface area (Å²) in [7, 11) is 0. The van der Waals surface area contributed by atoms with Crippen molar-refractivity contribution in [3.63, 3.8) is 0 Å². The van der Waals surface area contributed by atoms with Crippen LogP contribution in [0.2, 0.25) is 0 Å². The van der Waals surface area contributed by atoms with Crippen molar-refractivity contribution >= 4 is 11.6 Å². The Morgan fingerprint density at radius 1 is 1.35 bits per heavy atom. The van der Waals surface area contributed by atoms with Crippen LogP contribution in [0.15, 0.2) is 41.5 Å². The summed E-state index contributed by atoms with van der Waals surface area (Å²) in [5.41, 5.74) is 1.48. The fourth-order valence-electron chi connectivity index (χ4n) is 1.33. The maximum atomic E-state index is 11.8. The first-order valence-corrected chi connectivity index (χ1v) is 5.08. The summed E-state index contributed by atoms with van der Waals surface area (Å²) in [6, 6.07) is 6.34. The van der Waals surface area contributed by atoms with Crippen LogP contribution in [-0.4, -0.2) is 15.9 Å². The zero-order valence-corrected chi connectivity index (χ0v) is 9.23. The molecule has 0 aliphatic rings. The maximum Gasteiger partial charge on any atom is 0.255 e. The third-order valence-electron chi connectivity index (χ3n) is 2.21. The van der Waals surface area contributed by atoms with Gasteiger partial charge in [-0.15, -0.1) is 0 Å². The highest BCUT2D eigenvalue weighted by Gasteiger charge is 2.06. The summed E-state index contributed by atoms with van der Waals surface area (Å²) in [6.45, 7) is 1.86. The number of aromatic nitrogens is 2. The Morgan fingerprint density at radius 2 is 2.18 bits per heavy atom. The molecule has 0 unspecified atom stereocenters. The Labute approximate surface area is 97.5 Å². The van der Waals surface area contributed by atoms with Gasteiger partial charge < -0.3 is 10.3 Å². The summed E-state index contributed by atoms with van der Waals surface area (Å²) in [4.78, 5) is 29.3. The van der Waals surface area contributed by atoms with Crippen LogP contribution in [0.3, 0.4) is 0 Å². The smallest absolute Gasteiger partial charge is 0.255 e. The molecule has 0 radical (unpaired) electrons. The number of aromatic amines is 1. The van der Waals surface area contributed by atoms with Gasteiger partial charge in [-0.1, -0.05) is 0 Å². The third-order valence-corrected chi connectivity index (χ3v) is 2.21. The summed E-state index contributed by atoms with van der Waals surface area (Å²) < 4.78 is 0. The second kappa shape index (κ2) is 4.61. The van der Waals surface area contributed by atoms with Crippen LogP contribution in [0.4, 0.5) is 5.69 Å². The molecule has 2 N–H and O–H groups in total. The quantitative estimate of drug-likeness (QED) is 0.815. The molecule has 2 rings (SSSR count). The lowest BCUT2D eigenvalue weighted by atomic mass is 10.2. The van der Waals surface area contributed by atoms with Gasteiger partial charge in [-0.2, -0.15) is 0 Å². The van der Waals surface area contributed by atoms with E-state index in [2.05, 4.69) is 15.3 Å². The molecule has 0 aromatic carbocycles. The average molecular weight is 229 g/mol. The Hall–Kier alpha value is -2.43. The monoisotopic (exact) mass is 229 g/mol. The molecule has 2 heterocycles. The Bertz CT molecular complexity index is 587. The molecule has 0 bridgehead atoms. The highest BCUT2D eigenvalue weighted by atomic mass is 16.2. The second-order valence-electron chi connectivity index (χ2n) is 3.58. The molecule has 5 nitrogen and oxygen atoms in total. The number of rotatable bonds is 2. The first-order valence-electron chi connectivity index (χ1n) is 5.08. The molecule has 5 heteroatoms. The van der Waals surface area contributed by atoms with E-state index in [-0.39, 0.29) is 11.5 Å². The minimum absolute atomic E-state index is 0.306. The van der Waals surface area contributed by atoms with Crippen molar-refractivity contribution in [1.82, 2.24) is 9.97 Å². The van der Waals surface area contributed by atoms with Gasteiger partial charge in [-0.25, -0.2) is 0 Å². The number of nitrogens with zero attached hydrogens (tertiary/aromatic N) is 1. The van der Waals surface area contributed by atoms with Crippen molar-refractivity contribution in [2.75, 3.05) is 5.32 Å². The lowest BCUT2D eigenvalue weighted by molar-refractivity contribution is 0.102. The van der Waals surface area contributed by atoms with E-state index < -0.39 is 0 Å². The number of hydrogen-bond donors (Lipinski definition) is 2. The number of carbonyl (C=O) groups excluding carboxylic acids is 1. The molecule has 1 amide bonds. The first kappa shape index (κ1) is 11.1. The Balaban J connectivity index is 2.17. The van der Waals surface area contributed by atoms with Crippen molar-refractivity contribution in [2.24, 2.45) is 0 Å². The van der Waals surface area contributed by atoms with E-state index in [1.54, 1.807) is 24.4 Å². The van der Waals surface area contributed by atoms with E-state index in [0.29, 0.717) is 11.3 Å². The van der Waals surface area contributed by atoms with Crippen molar-refractivity contribution in [3.8, 4) is 0 Å². The average Bonchev–Trinajstić information content (AvgIpc) is 2.32. The number of carbonyl (C=O) groups is 1. The van der Waals surface area contributed by atoms with Gasteiger partial charge in [0.15, 0.2) is 0 Å². The van der Waals surface area contributed by atoms with Crippen LogP contribution in [-0.2, 0) is 0 Å². The number of hydrogen-bond acceptors (Lipinski definition) is 3. The van der Waals surface area contributed by atoms with Gasteiger partial charge >= 0.3 is 0 Å². The van der Waals surface area contributed by atoms with Gasteiger partial charge in [0.05, 0.1) is 11.9 Å². The molecule has 2 aromatic heterocycles. The fraction of sp³-hybridized carbons (Fsp3) is 0.0833. The number of H-pyrrole nitrogens is 1. The number of anilines is 1. The summed E-state index contributed by atoms with van der Waals surface area (Å²) >= 11 is 0. The lowest BCUT2D eigenvalue weighted by Crippen LogP contribution is -2.15. The molecule has 86 valence electrons. The molecule has 0 saturated heterocycles. The minimum atomic E-state index is -0.332. The Kier molecular flexibility index (Phi) is 3.00. The van der Waals surface area contributed by atoms with Gasteiger partial charge in [0.2, 0.25) is 5.56 Å². The summed E-state index contributed by atoms with van der Waals surface area (Å²) in [6.07, 6.45) is 3.01. The molecule has 2 aromatic rings. The molecule has 17 heavy (non-hydrogen) atoms. The van der Waals surface area contributed by atoms with E-state index in [0.717, 1.165) is 5.69 Å². The maximum absolute atomic E-state index is 11.8. The molecular formula is C12H11N3O2. The summed E-state index contributed by atoms with van der Waals surface area (Å²) in [5.74, 6) is -0.332. The SMILES string of the molecule is Cc1ccc(NC(=O)c2cc[nH]c(=O)c2)cn1. The van der Waals surface area contributed by atoms with Crippen molar-refractivity contribution in [3.05, 3.63) is 58.3 Å². The van der Waals surface area contributed by atoms with E-state index in [9.17, 15) is 9.59 Å². The number of amides is 1. The zero-order chi connectivity index (χ0) is 12.3. The lowest BCUT2D eigenvalue weighted by Gasteiger charge is -2.04. The highest BCUT2D eigenvalue weighted by Crippen LogP contribution is 2.07. The molecule has 0 atom stereocenters. The standard InChI is InChI=1S/C12H11N3O2/c1-8-2-3-10(7-14-8)15-12(17)9-4-5-13-11(16)6-9/h2-7H,1H3,(H,13,16)(H,15,17). The van der Waals surface area contributed by atoms with Crippen LogP contribution in [0.5, 0.6) is 0 Å². The topological polar surface area (TPSA) is 74.8 Å². The molecular weight excluding hydrogens is 218 g/mol. The van der Waals surface area contributed by atoms with Crippen LogP contribution in [0, 0.1) is 6.92 Å². The zero-order valence-electron chi connectivity index (χ0n) is 9.23.